The van der Waals surface area contributed by atoms with Crippen LogP contribution < -0.4 is 10.2 Å². The van der Waals surface area contributed by atoms with Gasteiger partial charge in [-0.05, 0) is 154 Å². The largest absolute Gasteiger partial charge is 0.465 e. The SMILES string of the molecule is CN(CCN1CCC(N(C(=O)O)c2ccccc2-c2ccccc2)CC1)C(=O)CCCCCNc1ccc(C(=O)N(C)CCCN(C)C(=O)CO[C@H]2Cc3ccccc3C23CCN(CC[C@]2(c4ccc(F)cc4)CN(C(=O)c4cc(C(F)(F)F)cc(C(F)(F)F)c4)CO2)CC3)cc1. The van der Waals surface area contributed by atoms with Crippen molar-refractivity contribution in [2.75, 3.05) is 117 Å². The fraction of sp³-hybridized carbons (Fsp3) is 0.446. The van der Waals surface area contributed by atoms with Gasteiger partial charge >= 0.3 is 18.4 Å². The van der Waals surface area contributed by atoms with Gasteiger partial charge < -0.3 is 49.3 Å². The van der Waals surface area contributed by atoms with E-state index >= 15 is 0 Å². The molecule has 2 atom stereocenters. The number of piperidine rings is 2. The molecule has 6 aromatic carbocycles. The summed E-state index contributed by atoms with van der Waals surface area (Å²) in [5, 5.41) is 13.8. The van der Waals surface area contributed by atoms with Crippen molar-refractivity contribution in [1.29, 1.82) is 0 Å². The third-order valence-corrected chi connectivity index (χ3v) is 19.8. The van der Waals surface area contributed by atoms with Crippen LogP contribution in [-0.2, 0) is 48.9 Å². The Labute approximate surface area is 561 Å². The van der Waals surface area contributed by atoms with Crippen molar-refractivity contribution in [3.63, 3.8) is 0 Å². The number of carboxylic acid groups (broad SMARTS) is 1. The van der Waals surface area contributed by atoms with E-state index in [4.69, 9.17) is 9.47 Å². The molecule has 3 saturated heterocycles. The second kappa shape index (κ2) is 31.4. The van der Waals surface area contributed by atoms with Crippen LogP contribution in [0.15, 0.2) is 146 Å². The number of carbonyl (C=O) groups is 5. The third-order valence-electron chi connectivity index (χ3n) is 19.8. The number of nitrogens with zero attached hydrogens (tertiary/aromatic N) is 7. The molecule has 0 aromatic heterocycles. The zero-order valence-electron chi connectivity index (χ0n) is 55.1. The van der Waals surface area contributed by atoms with E-state index in [-0.39, 0.29) is 55.5 Å². The summed E-state index contributed by atoms with van der Waals surface area (Å²) in [6.45, 7) is 5.16. The highest BCUT2D eigenvalue weighted by atomic mass is 19.4. The first-order valence-corrected chi connectivity index (χ1v) is 33.3. The molecule has 16 nitrogen and oxygen atoms in total. The van der Waals surface area contributed by atoms with E-state index in [1.54, 1.807) is 40.9 Å². The van der Waals surface area contributed by atoms with Gasteiger partial charge in [0, 0.05) is 114 Å². The fourth-order valence-corrected chi connectivity index (χ4v) is 14.1. The molecule has 0 saturated carbocycles. The minimum atomic E-state index is -5.15. The highest BCUT2D eigenvalue weighted by Crippen LogP contribution is 2.49. The number of benzene rings is 6. The summed E-state index contributed by atoms with van der Waals surface area (Å²) in [6.07, 6.45) is -4.47. The second-order valence-electron chi connectivity index (χ2n) is 26.1. The molecule has 3 heterocycles. The van der Waals surface area contributed by atoms with Gasteiger partial charge in [-0.15, -0.1) is 0 Å². The van der Waals surface area contributed by atoms with E-state index in [2.05, 4.69) is 27.2 Å². The average Bonchev–Trinajstić information content (AvgIpc) is 1.61. The standard InChI is InChI=1S/C74H85F7N8O8/c1-83(36-14-37-85(3)68(92)53-22-28-60(29-23-53)82-35-13-5-8-21-66(90)84(2)43-44-86-38-30-61(31-39-86)89(70(94)95)64-20-12-10-18-62(64)52-15-6-4-7-16-52)67(91)49-96-65-47-54-17-9-11-19-63(54)71(65)32-40-87(41-33-71)42-34-72(56-24-26-59(75)27-25-56)50-88(51-97-72)69(93)55-45-57(73(76,77)78)48-58(46-55)74(79,80)81/h4,6-7,9-12,15-20,22-29,45-46,48,61,65,82H,5,8,13-14,21,30-44,47,49-51H2,1-3H3,(H,94,95)/t65-,72+/m0/s1. The van der Waals surface area contributed by atoms with Gasteiger partial charge in [0.05, 0.1) is 29.5 Å². The van der Waals surface area contributed by atoms with E-state index in [1.165, 1.54) is 29.2 Å². The van der Waals surface area contributed by atoms with E-state index in [9.17, 15) is 59.8 Å². The second-order valence-corrected chi connectivity index (χ2v) is 26.1. The van der Waals surface area contributed by atoms with Crippen molar-refractivity contribution in [1.82, 2.24) is 29.4 Å². The van der Waals surface area contributed by atoms with Crippen LogP contribution in [0, 0.1) is 5.82 Å². The number of alkyl halides is 6. The minimum absolute atomic E-state index is 0.0294. The molecule has 97 heavy (non-hydrogen) atoms. The number of hydrogen-bond acceptors (Lipinski definition) is 10. The first-order valence-electron chi connectivity index (χ1n) is 33.3. The smallest absolute Gasteiger partial charge is 0.416 e. The van der Waals surface area contributed by atoms with Crippen LogP contribution in [0.4, 0.5) is 46.9 Å². The zero-order chi connectivity index (χ0) is 69.1. The van der Waals surface area contributed by atoms with Crippen molar-refractivity contribution in [2.45, 2.75) is 106 Å². The summed E-state index contributed by atoms with van der Waals surface area (Å²) in [4.78, 5) is 78.8. The molecule has 1 aliphatic carbocycles. The van der Waals surface area contributed by atoms with E-state index in [0.29, 0.717) is 120 Å². The van der Waals surface area contributed by atoms with Crippen molar-refractivity contribution in [2.24, 2.45) is 0 Å². The highest BCUT2D eigenvalue weighted by Gasteiger charge is 2.50. The van der Waals surface area contributed by atoms with Crippen molar-refractivity contribution >= 4 is 41.1 Å². The molecule has 2 N–H and O–H groups in total. The van der Waals surface area contributed by atoms with E-state index in [0.717, 1.165) is 71.7 Å². The van der Waals surface area contributed by atoms with Crippen LogP contribution in [0.1, 0.15) is 113 Å². The van der Waals surface area contributed by atoms with Crippen molar-refractivity contribution in [3.05, 3.63) is 190 Å². The maximum atomic E-state index is 14.2. The molecule has 3 fully saturated rings. The molecule has 4 aliphatic rings. The van der Waals surface area contributed by atoms with Crippen LogP contribution >= 0.6 is 0 Å². The molecule has 0 radical (unpaired) electrons. The summed E-state index contributed by atoms with van der Waals surface area (Å²) in [5.41, 5.74) is 1.07. The number of unbranched alkanes of at least 4 members (excludes halogenated alkanes) is 2. The Morgan fingerprint density at radius 1 is 0.660 bits per heavy atom. The van der Waals surface area contributed by atoms with Gasteiger partial charge in [-0.25, -0.2) is 9.18 Å². The normalized spacial score (nSPS) is 18.2. The molecule has 5 amide bonds. The van der Waals surface area contributed by atoms with Crippen LogP contribution in [0.5, 0.6) is 0 Å². The van der Waals surface area contributed by atoms with Gasteiger partial charge in [0.1, 0.15) is 24.8 Å². The predicted octanol–water partition coefficient (Wildman–Crippen LogP) is 12.9. The Morgan fingerprint density at radius 2 is 1.29 bits per heavy atom. The topological polar surface area (TPSA) is 159 Å². The van der Waals surface area contributed by atoms with Gasteiger partial charge in [0.25, 0.3) is 11.8 Å². The summed E-state index contributed by atoms with van der Waals surface area (Å²) in [6, 6.07) is 39.0. The Hall–Kier alpha value is -8.38. The lowest BCUT2D eigenvalue weighted by atomic mass is 9.72. The lowest BCUT2D eigenvalue weighted by Gasteiger charge is -2.44. The molecule has 0 unspecified atom stereocenters. The van der Waals surface area contributed by atoms with E-state index in [1.807, 2.05) is 85.9 Å². The lowest BCUT2D eigenvalue weighted by Crippen LogP contribution is -2.50. The lowest BCUT2D eigenvalue weighted by molar-refractivity contribution is -0.143. The molecular formula is C74H85F7N8O8. The average molecular weight is 1350 g/mol. The first-order chi connectivity index (χ1) is 46.4. The Kier molecular flexibility index (Phi) is 23.1. The number of anilines is 2. The Morgan fingerprint density at radius 3 is 1.97 bits per heavy atom. The third kappa shape index (κ3) is 17.5. The molecule has 0 bridgehead atoms. The van der Waals surface area contributed by atoms with E-state index < -0.39 is 64.6 Å². The number of fused-ring (bicyclic) bond motifs is 2. The van der Waals surface area contributed by atoms with Crippen LogP contribution in [0.25, 0.3) is 11.1 Å². The quantitative estimate of drug-likeness (QED) is 0.0393. The Balaban J connectivity index is 0.616. The minimum Gasteiger partial charge on any atom is -0.465 e. The Bertz CT molecular complexity index is 3650. The number of carbonyl (C=O) groups excluding carboxylic acids is 4. The molecule has 3 aliphatic heterocycles. The van der Waals surface area contributed by atoms with Gasteiger partial charge in [-0.1, -0.05) is 91.3 Å². The van der Waals surface area contributed by atoms with Gasteiger partial charge in [0.2, 0.25) is 11.8 Å². The molecule has 1 spiro atoms. The zero-order valence-corrected chi connectivity index (χ0v) is 55.1. The predicted molar refractivity (Wildman–Crippen MR) is 355 cm³/mol. The van der Waals surface area contributed by atoms with Crippen LogP contribution in [-0.4, -0.2) is 183 Å². The number of hydrogen-bond donors (Lipinski definition) is 2. The maximum absolute atomic E-state index is 14.2. The van der Waals surface area contributed by atoms with Crippen molar-refractivity contribution in [3.8, 4) is 11.1 Å². The highest BCUT2D eigenvalue weighted by molar-refractivity contribution is 5.96. The van der Waals surface area contributed by atoms with Gasteiger partial charge in [-0.2, -0.15) is 26.3 Å². The molecule has 518 valence electrons. The first kappa shape index (κ1) is 71.4. The van der Waals surface area contributed by atoms with Gasteiger partial charge in [-0.3, -0.25) is 24.1 Å². The fourth-order valence-electron chi connectivity index (χ4n) is 14.1. The van der Waals surface area contributed by atoms with Crippen molar-refractivity contribution < 1.29 is 69.3 Å². The number of para-hydroxylation sites is 1. The van der Waals surface area contributed by atoms with Crippen LogP contribution in [0.2, 0.25) is 0 Å². The summed E-state index contributed by atoms with van der Waals surface area (Å²) >= 11 is 0. The van der Waals surface area contributed by atoms with Crippen LogP contribution in [0.3, 0.4) is 0 Å². The molecule has 23 heteroatoms. The number of nitrogens with one attached hydrogen (secondary N) is 1. The monoisotopic (exact) mass is 1350 g/mol. The number of likely N-dealkylation sites (N-methyl/N-ethyl adjacent to an activating group) is 2. The maximum Gasteiger partial charge on any atom is 0.416 e. The summed E-state index contributed by atoms with van der Waals surface area (Å²) < 4.78 is 110. The summed E-state index contributed by atoms with van der Waals surface area (Å²) in [5.74, 6) is -1.85. The number of halogens is 7. The molecule has 6 aromatic rings. The molecular weight excluding hydrogens is 1260 g/mol. The number of amides is 5. The number of ether oxygens (including phenoxy) is 2. The number of rotatable bonds is 26. The number of likely N-dealkylation sites (tertiary alicyclic amines) is 2. The van der Waals surface area contributed by atoms with Gasteiger partial charge in [0.15, 0.2) is 0 Å². The summed E-state index contributed by atoms with van der Waals surface area (Å²) in [7, 11) is 5.29. The molecule has 10 rings (SSSR count).